The fourth-order valence-electron chi connectivity index (χ4n) is 2.96. The van der Waals surface area contributed by atoms with E-state index < -0.39 is 0 Å². The number of aromatic nitrogens is 2. The standard InChI is InChI=1S/C16H22N4O2/c1-19(12-15-17-6-7-18-15)16(21)13-4-8-20(9-5-13)11-14-3-2-10-22-14/h2-3,6-7,10,13H,4-5,8-9,11-12H2,1H3,(H,17,18). The summed E-state index contributed by atoms with van der Waals surface area (Å²) < 4.78 is 5.38. The van der Waals surface area contributed by atoms with Crippen molar-refractivity contribution < 1.29 is 9.21 Å². The predicted octanol–water partition coefficient (Wildman–Crippen LogP) is 1.87. The number of likely N-dealkylation sites (tertiary alicyclic amines) is 1. The van der Waals surface area contributed by atoms with Crippen LogP contribution in [0.15, 0.2) is 35.2 Å². The van der Waals surface area contributed by atoms with Gasteiger partial charge in [-0.05, 0) is 38.1 Å². The van der Waals surface area contributed by atoms with Crippen LogP contribution in [0.4, 0.5) is 0 Å². The lowest BCUT2D eigenvalue weighted by Gasteiger charge is -2.32. The molecule has 0 aliphatic carbocycles. The zero-order chi connectivity index (χ0) is 15.4. The molecule has 1 aliphatic heterocycles. The topological polar surface area (TPSA) is 65.4 Å². The highest BCUT2D eigenvalue weighted by Crippen LogP contribution is 2.21. The van der Waals surface area contributed by atoms with Crippen molar-refractivity contribution in [3.05, 3.63) is 42.4 Å². The quantitative estimate of drug-likeness (QED) is 0.916. The molecule has 0 atom stereocenters. The van der Waals surface area contributed by atoms with Crippen molar-refractivity contribution in [2.45, 2.75) is 25.9 Å². The van der Waals surface area contributed by atoms with E-state index in [-0.39, 0.29) is 11.8 Å². The maximum absolute atomic E-state index is 12.5. The van der Waals surface area contributed by atoms with Crippen molar-refractivity contribution in [3.8, 4) is 0 Å². The molecule has 6 heteroatoms. The molecule has 118 valence electrons. The summed E-state index contributed by atoms with van der Waals surface area (Å²) in [6.45, 7) is 3.24. The summed E-state index contributed by atoms with van der Waals surface area (Å²) in [7, 11) is 1.85. The number of nitrogens with zero attached hydrogens (tertiary/aromatic N) is 3. The third-order valence-corrected chi connectivity index (χ3v) is 4.21. The van der Waals surface area contributed by atoms with Gasteiger partial charge in [-0.1, -0.05) is 0 Å². The summed E-state index contributed by atoms with van der Waals surface area (Å²) >= 11 is 0. The van der Waals surface area contributed by atoms with Crippen LogP contribution in [-0.4, -0.2) is 45.8 Å². The average molecular weight is 302 g/mol. The SMILES string of the molecule is CN(Cc1ncc[nH]1)C(=O)C1CCN(Cc2ccco2)CC1. The molecule has 1 aliphatic rings. The molecule has 6 nitrogen and oxygen atoms in total. The van der Waals surface area contributed by atoms with Crippen molar-refractivity contribution >= 4 is 5.91 Å². The highest BCUT2D eigenvalue weighted by molar-refractivity contribution is 5.78. The van der Waals surface area contributed by atoms with Gasteiger partial charge in [0.15, 0.2) is 0 Å². The van der Waals surface area contributed by atoms with Crippen LogP contribution in [0.25, 0.3) is 0 Å². The fourth-order valence-corrected chi connectivity index (χ4v) is 2.96. The number of aromatic amines is 1. The van der Waals surface area contributed by atoms with Gasteiger partial charge in [0.2, 0.25) is 5.91 Å². The maximum Gasteiger partial charge on any atom is 0.225 e. The number of hydrogen-bond acceptors (Lipinski definition) is 4. The number of carbonyl (C=O) groups excluding carboxylic acids is 1. The zero-order valence-electron chi connectivity index (χ0n) is 12.9. The number of amides is 1. The Hall–Kier alpha value is -2.08. The predicted molar refractivity (Wildman–Crippen MR) is 81.8 cm³/mol. The lowest BCUT2D eigenvalue weighted by atomic mass is 9.95. The van der Waals surface area contributed by atoms with Crippen LogP contribution in [0.5, 0.6) is 0 Å². The molecule has 2 aromatic heterocycles. The van der Waals surface area contributed by atoms with E-state index >= 15 is 0 Å². The molecule has 0 bridgehead atoms. The van der Waals surface area contributed by atoms with E-state index in [1.807, 2.05) is 19.2 Å². The smallest absolute Gasteiger partial charge is 0.225 e. The number of nitrogens with one attached hydrogen (secondary N) is 1. The first kappa shape index (κ1) is 14.8. The van der Waals surface area contributed by atoms with Gasteiger partial charge in [0.25, 0.3) is 0 Å². The Morgan fingerprint density at radius 2 is 2.32 bits per heavy atom. The number of furan rings is 1. The van der Waals surface area contributed by atoms with Gasteiger partial charge < -0.3 is 14.3 Å². The maximum atomic E-state index is 12.5. The molecule has 22 heavy (non-hydrogen) atoms. The Balaban J connectivity index is 1.47. The van der Waals surface area contributed by atoms with E-state index in [1.165, 1.54) is 0 Å². The van der Waals surface area contributed by atoms with Crippen molar-refractivity contribution in [1.82, 2.24) is 19.8 Å². The van der Waals surface area contributed by atoms with E-state index in [2.05, 4.69) is 14.9 Å². The molecule has 0 radical (unpaired) electrons. The minimum absolute atomic E-state index is 0.118. The van der Waals surface area contributed by atoms with Crippen LogP contribution >= 0.6 is 0 Å². The van der Waals surface area contributed by atoms with Gasteiger partial charge in [0, 0.05) is 25.4 Å². The van der Waals surface area contributed by atoms with Crippen LogP contribution in [0.1, 0.15) is 24.4 Å². The Bertz CT molecular complexity index is 571. The Morgan fingerprint density at radius 1 is 1.50 bits per heavy atom. The van der Waals surface area contributed by atoms with Gasteiger partial charge in [-0.2, -0.15) is 0 Å². The molecule has 0 aromatic carbocycles. The van der Waals surface area contributed by atoms with Gasteiger partial charge in [-0.25, -0.2) is 4.98 Å². The molecule has 3 heterocycles. The number of piperidine rings is 1. The molecule has 1 fully saturated rings. The number of carbonyl (C=O) groups is 1. The first-order valence-corrected chi connectivity index (χ1v) is 7.70. The van der Waals surface area contributed by atoms with Crippen molar-refractivity contribution in [3.63, 3.8) is 0 Å². The normalized spacial score (nSPS) is 16.8. The Kier molecular flexibility index (Phi) is 4.58. The summed E-state index contributed by atoms with van der Waals surface area (Å²) in [5.41, 5.74) is 0. The molecule has 1 saturated heterocycles. The lowest BCUT2D eigenvalue weighted by molar-refractivity contribution is -0.136. The first-order valence-electron chi connectivity index (χ1n) is 7.70. The monoisotopic (exact) mass is 302 g/mol. The molecule has 3 rings (SSSR count). The van der Waals surface area contributed by atoms with Crippen molar-refractivity contribution in [2.75, 3.05) is 20.1 Å². The van der Waals surface area contributed by atoms with E-state index in [1.54, 1.807) is 23.6 Å². The fraction of sp³-hybridized carbons (Fsp3) is 0.500. The van der Waals surface area contributed by atoms with E-state index in [0.29, 0.717) is 6.54 Å². The summed E-state index contributed by atoms with van der Waals surface area (Å²) in [4.78, 5) is 23.8. The third kappa shape index (κ3) is 3.57. The molecular weight excluding hydrogens is 280 g/mol. The molecule has 0 saturated carbocycles. The summed E-state index contributed by atoms with van der Waals surface area (Å²) in [5.74, 6) is 2.15. The van der Waals surface area contributed by atoms with Crippen molar-refractivity contribution in [1.29, 1.82) is 0 Å². The largest absolute Gasteiger partial charge is 0.468 e. The van der Waals surface area contributed by atoms with Gasteiger partial charge >= 0.3 is 0 Å². The minimum atomic E-state index is 0.118. The summed E-state index contributed by atoms with van der Waals surface area (Å²) in [5, 5.41) is 0. The molecular formula is C16H22N4O2. The molecule has 2 aromatic rings. The van der Waals surface area contributed by atoms with Gasteiger partial charge in [-0.15, -0.1) is 0 Å². The Labute approximate surface area is 130 Å². The third-order valence-electron chi connectivity index (χ3n) is 4.21. The van der Waals surface area contributed by atoms with Crippen LogP contribution in [-0.2, 0) is 17.9 Å². The highest BCUT2D eigenvalue weighted by Gasteiger charge is 2.27. The van der Waals surface area contributed by atoms with E-state index in [9.17, 15) is 4.79 Å². The average Bonchev–Trinajstić information content (AvgIpc) is 3.21. The highest BCUT2D eigenvalue weighted by atomic mass is 16.3. The molecule has 1 amide bonds. The summed E-state index contributed by atoms with van der Waals surface area (Å²) in [6.07, 6.45) is 7.00. The minimum Gasteiger partial charge on any atom is -0.468 e. The number of rotatable bonds is 5. The second kappa shape index (κ2) is 6.79. The summed E-state index contributed by atoms with van der Waals surface area (Å²) in [6, 6.07) is 3.91. The van der Waals surface area contributed by atoms with E-state index in [0.717, 1.165) is 44.1 Å². The van der Waals surface area contributed by atoms with Crippen LogP contribution < -0.4 is 0 Å². The van der Waals surface area contributed by atoms with E-state index in [4.69, 9.17) is 4.42 Å². The molecule has 0 spiro atoms. The number of hydrogen-bond donors (Lipinski definition) is 1. The van der Waals surface area contributed by atoms with Crippen LogP contribution in [0.2, 0.25) is 0 Å². The van der Waals surface area contributed by atoms with Gasteiger partial charge in [0.1, 0.15) is 11.6 Å². The van der Waals surface area contributed by atoms with Crippen LogP contribution in [0, 0.1) is 5.92 Å². The van der Waals surface area contributed by atoms with Crippen molar-refractivity contribution in [2.24, 2.45) is 5.92 Å². The van der Waals surface area contributed by atoms with Gasteiger partial charge in [-0.3, -0.25) is 9.69 Å². The van der Waals surface area contributed by atoms with Gasteiger partial charge in [0.05, 0.1) is 19.4 Å². The second-order valence-electron chi connectivity index (χ2n) is 5.86. The molecule has 0 unspecified atom stereocenters. The number of H-pyrrole nitrogens is 1. The first-order chi connectivity index (χ1) is 10.7. The van der Waals surface area contributed by atoms with Crippen LogP contribution in [0.3, 0.4) is 0 Å². The second-order valence-corrected chi connectivity index (χ2v) is 5.86. The molecule has 1 N–H and O–H groups in total. The lowest BCUT2D eigenvalue weighted by Crippen LogP contribution is -2.40. The Morgan fingerprint density at radius 3 is 2.95 bits per heavy atom. The zero-order valence-corrected chi connectivity index (χ0v) is 12.9. The number of imidazole rings is 1.